The van der Waals surface area contributed by atoms with Gasteiger partial charge >= 0.3 is 5.97 Å². The maximum Gasteiger partial charge on any atom is 0.317 e. The quantitative estimate of drug-likeness (QED) is 0.0891. The van der Waals surface area contributed by atoms with Crippen molar-refractivity contribution in [1.29, 1.82) is 0 Å². The Hall–Kier alpha value is -1.35. The molecule has 4 saturated carbocycles. The first-order chi connectivity index (χ1) is 26.9. The lowest BCUT2D eigenvalue weighted by molar-refractivity contribution is -0.351. The van der Waals surface area contributed by atoms with E-state index in [-0.39, 0.29) is 30.6 Å². The summed E-state index contributed by atoms with van der Waals surface area (Å²) in [5.41, 5.74) is -4.29. The van der Waals surface area contributed by atoms with Crippen LogP contribution in [0.3, 0.4) is 0 Å². The highest BCUT2D eigenvalue weighted by molar-refractivity contribution is 5.80. The van der Waals surface area contributed by atoms with Gasteiger partial charge in [-0.15, -0.1) is 0 Å². The second-order valence-corrected chi connectivity index (χ2v) is 20.9. The number of aliphatic hydroxyl groups excluding tert-OH is 11. The molecule has 4 unspecified atom stereocenters. The molecule has 0 spiro atoms. The van der Waals surface area contributed by atoms with Crippen LogP contribution in [-0.4, -0.2) is 161 Å². The standard InChI is InChI=1S/C42H68O16/c1-18-26(48)28(50)30(52)34(55-18)58-36(54)42-11-10-37(2,3)12-20(42)19-8-9-24-38(4)13-22(46)33(57-35-31(53)29(51)27(49)23(16-43)56-35)39(5,17-44)32(38)21(45)14-41(24,7)40(19,6)15-25(42)47/h8,18,20-35,43-53H,9-17H2,1-7H3/t18-,20?,21?,22+,23-,24?,25-,26+,27-,28-,29+,30-,31-,32?,33+,34-,35+,38-,39+,40-,41-,42-/m1/s1. The molecule has 0 bridgehead atoms. The fraction of sp³-hybridized carbons (Fsp3) is 0.929. The number of hydrogen-bond acceptors (Lipinski definition) is 16. The van der Waals surface area contributed by atoms with Gasteiger partial charge in [-0.05, 0) is 85.4 Å². The van der Waals surface area contributed by atoms with Gasteiger partial charge in [0, 0.05) is 11.3 Å². The van der Waals surface area contributed by atoms with Crippen LogP contribution in [0.5, 0.6) is 0 Å². The van der Waals surface area contributed by atoms with E-state index in [9.17, 15) is 61.0 Å². The Morgan fingerprint density at radius 3 is 2.03 bits per heavy atom. The van der Waals surface area contributed by atoms with Gasteiger partial charge in [-0.1, -0.05) is 53.2 Å². The first-order valence-electron chi connectivity index (χ1n) is 21.1. The molecule has 16 heteroatoms. The summed E-state index contributed by atoms with van der Waals surface area (Å²) in [5.74, 6) is -2.11. The summed E-state index contributed by atoms with van der Waals surface area (Å²) < 4.78 is 23.4. The van der Waals surface area contributed by atoms with Gasteiger partial charge in [0.15, 0.2) is 6.29 Å². The molecule has 0 amide bonds. The molecule has 2 aliphatic heterocycles. The van der Waals surface area contributed by atoms with Crippen molar-refractivity contribution in [2.45, 2.75) is 179 Å². The second-order valence-electron chi connectivity index (χ2n) is 20.9. The molecule has 22 atom stereocenters. The maximum atomic E-state index is 14.6. The minimum atomic E-state index is -1.74. The van der Waals surface area contributed by atoms with E-state index in [2.05, 4.69) is 33.8 Å². The number of hydrogen-bond donors (Lipinski definition) is 11. The van der Waals surface area contributed by atoms with Crippen molar-refractivity contribution >= 4 is 5.97 Å². The Labute approximate surface area is 339 Å². The minimum Gasteiger partial charge on any atom is -0.432 e. The highest BCUT2D eigenvalue weighted by Gasteiger charge is 2.74. The molecule has 7 aliphatic rings. The van der Waals surface area contributed by atoms with Crippen LogP contribution < -0.4 is 0 Å². The maximum absolute atomic E-state index is 14.6. The molecule has 0 aromatic rings. The predicted octanol–water partition coefficient (Wildman–Crippen LogP) is -0.771. The first kappa shape index (κ1) is 44.7. The van der Waals surface area contributed by atoms with Crippen LogP contribution >= 0.6 is 0 Å². The van der Waals surface area contributed by atoms with E-state index >= 15 is 0 Å². The molecule has 2 heterocycles. The number of carbonyl (C=O) groups excluding carboxylic acids is 1. The number of esters is 1. The molecule has 5 aliphatic carbocycles. The lowest BCUT2D eigenvalue weighted by atomic mass is 9.32. The van der Waals surface area contributed by atoms with Crippen LogP contribution in [0.15, 0.2) is 11.6 Å². The van der Waals surface area contributed by atoms with Crippen LogP contribution in [0, 0.1) is 50.2 Å². The molecule has 7 rings (SSSR count). The van der Waals surface area contributed by atoms with Gasteiger partial charge < -0.3 is 75.1 Å². The molecule has 332 valence electrons. The smallest absolute Gasteiger partial charge is 0.317 e. The van der Waals surface area contributed by atoms with Crippen molar-refractivity contribution in [3.63, 3.8) is 0 Å². The molecule has 0 aromatic heterocycles. The van der Waals surface area contributed by atoms with Crippen molar-refractivity contribution in [3.8, 4) is 0 Å². The predicted molar refractivity (Wildman–Crippen MR) is 202 cm³/mol. The monoisotopic (exact) mass is 828 g/mol. The summed E-state index contributed by atoms with van der Waals surface area (Å²) in [4.78, 5) is 14.6. The highest BCUT2D eigenvalue weighted by Crippen LogP contribution is 2.76. The minimum absolute atomic E-state index is 0.115. The number of rotatable bonds is 6. The zero-order valence-electron chi connectivity index (χ0n) is 34.7. The third-order valence-electron chi connectivity index (χ3n) is 17.2. The Bertz CT molecular complexity index is 1590. The summed E-state index contributed by atoms with van der Waals surface area (Å²) in [6.07, 6.45) is -15.2. The van der Waals surface area contributed by atoms with Crippen molar-refractivity contribution < 1.29 is 79.9 Å². The zero-order valence-corrected chi connectivity index (χ0v) is 34.7. The molecule has 6 fully saturated rings. The molecular weight excluding hydrogens is 760 g/mol. The van der Waals surface area contributed by atoms with E-state index in [1.165, 1.54) is 6.92 Å². The average molecular weight is 829 g/mol. The number of carbonyl (C=O) groups is 1. The van der Waals surface area contributed by atoms with Crippen molar-refractivity contribution in [1.82, 2.24) is 0 Å². The van der Waals surface area contributed by atoms with Gasteiger partial charge in [-0.3, -0.25) is 4.79 Å². The van der Waals surface area contributed by atoms with E-state index in [0.717, 1.165) is 5.57 Å². The SMILES string of the molecule is C[C@H]1O[C@H](OC(=O)[C@]23CCC(C)(C)CC2C2=CCC4[C@@]5(C)C[C@H](O)[C@H](O[C@@H]6O[C@H](CO)[C@@H](O)[C@H](O)[C@H]6O)[C@@](C)(CO)C5C(O)C[C@@]4(C)[C@]2(C)C[C@H]3O)[C@H](O)[C@H](O)[C@H]1O. The van der Waals surface area contributed by atoms with Gasteiger partial charge in [0.05, 0.1) is 43.7 Å². The highest BCUT2D eigenvalue weighted by atomic mass is 16.7. The van der Waals surface area contributed by atoms with Crippen molar-refractivity contribution in [2.75, 3.05) is 13.2 Å². The first-order valence-corrected chi connectivity index (χ1v) is 21.1. The van der Waals surface area contributed by atoms with Gasteiger partial charge in [0.25, 0.3) is 0 Å². The van der Waals surface area contributed by atoms with Crippen molar-refractivity contribution in [3.05, 3.63) is 11.6 Å². The lowest BCUT2D eigenvalue weighted by Crippen LogP contribution is -2.73. The normalized spacial score (nSPS) is 56.5. The Morgan fingerprint density at radius 1 is 0.759 bits per heavy atom. The van der Waals surface area contributed by atoms with E-state index in [1.54, 1.807) is 6.92 Å². The summed E-state index contributed by atoms with van der Waals surface area (Å²) >= 11 is 0. The van der Waals surface area contributed by atoms with Crippen LogP contribution in [-0.2, 0) is 23.7 Å². The Morgan fingerprint density at radius 2 is 1.40 bits per heavy atom. The van der Waals surface area contributed by atoms with E-state index in [4.69, 9.17) is 18.9 Å². The summed E-state index contributed by atoms with van der Waals surface area (Å²) in [7, 11) is 0. The molecular formula is C42H68O16. The lowest BCUT2D eigenvalue weighted by Gasteiger charge is -2.73. The largest absolute Gasteiger partial charge is 0.432 e. The van der Waals surface area contributed by atoms with Gasteiger partial charge in [0.1, 0.15) is 48.1 Å². The van der Waals surface area contributed by atoms with Crippen LogP contribution in [0.4, 0.5) is 0 Å². The molecule has 11 N–H and O–H groups in total. The van der Waals surface area contributed by atoms with E-state index < -0.39 is 144 Å². The molecule has 0 aromatic carbocycles. The van der Waals surface area contributed by atoms with E-state index in [0.29, 0.717) is 25.7 Å². The van der Waals surface area contributed by atoms with Crippen LogP contribution in [0.25, 0.3) is 0 Å². The molecule has 2 saturated heterocycles. The van der Waals surface area contributed by atoms with Crippen LogP contribution in [0.1, 0.15) is 93.4 Å². The van der Waals surface area contributed by atoms with Crippen molar-refractivity contribution in [2.24, 2.45) is 50.2 Å². The Kier molecular flexibility index (Phi) is 11.5. The number of aliphatic hydroxyl groups is 11. The van der Waals surface area contributed by atoms with Gasteiger partial charge in [0.2, 0.25) is 6.29 Å². The summed E-state index contributed by atoms with van der Waals surface area (Å²) in [5, 5.41) is 121. The average Bonchev–Trinajstić information content (AvgIpc) is 3.14. The second kappa shape index (κ2) is 14.9. The number of ether oxygens (including phenoxy) is 4. The fourth-order valence-corrected chi connectivity index (χ4v) is 13.9. The topological polar surface area (TPSA) is 277 Å². The molecule has 16 nitrogen and oxygen atoms in total. The summed E-state index contributed by atoms with van der Waals surface area (Å²) in [6.45, 7) is 12.5. The molecule has 0 radical (unpaired) electrons. The zero-order chi connectivity index (χ0) is 42.9. The van der Waals surface area contributed by atoms with E-state index in [1.807, 2.05) is 6.92 Å². The number of fused-ring (bicyclic) bond motifs is 7. The summed E-state index contributed by atoms with van der Waals surface area (Å²) in [6, 6.07) is 0. The molecule has 58 heavy (non-hydrogen) atoms. The fourth-order valence-electron chi connectivity index (χ4n) is 13.9. The van der Waals surface area contributed by atoms with Gasteiger partial charge in [-0.25, -0.2) is 0 Å². The number of allylic oxidation sites excluding steroid dienone is 2. The third kappa shape index (κ3) is 6.25. The Balaban J connectivity index is 1.23. The van der Waals surface area contributed by atoms with Gasteiger partial charge in [-0.2, -0.15) is 0 Å². The van der Waals surface area contributed by atoms with Crippen LogP contribution in [0.2, 0.25) is 0 Å². The third-order valence-corrected chi connectivity index (χ3v) is 17.2.